The van der Waals surface area contributed by atoms with Crippen LogP contribution in [0.25, 0.3) is 0 Å². The normalized spacial score (nSPS) is 39.5. The highest BCUT2D eigenvalue weighted by Gasteiger charge is 2.31. The van der Waals surface area contributed by atoms with Gasteiger partial charge in [-0.3, -0.25) is 4.90 Å². The first-order chi connectivity index (χ1) is 9.83. The fourth-order valence-corrected chi connectivity index (χ4v) is 3.51. The van der Waals surface area contributed by atoms with Crippen molar-refractivity contribution in [1.29, 1.82) is 0 Å². The van der Waals surface area contributed by atoms with Gasteiger partial charge in [0.15, 0.2) is 0 Å². The number of morpholine rings is 1. The van der Waals surface area contributed by atoms with Gasteiger partial charge in [0.25, 0.3) is 0 Å². The summed E-state index contributed by atoms with van der Waals surface area (Å²) in [5.41, 5.74) is 6.04. The summed E-state index contributed by atoms with van der Waals surface area (Å²) in [7, 11) is 0. The molecule has 0 aromatic rings. The fraction of sp³-hybridized carbons (Fsp3) is 1.00. The third-order valence-corrected chi connectivity index (χ3v) is 5.19. The third kappa shape index (κ3) is 3.71. The highest BCUT2D eigenvalue weighted by Crippen LogP contribution is 2.25. The number of rotatable bonds is 5. The Morgan fingerprint density at radius 1 is 1.00 bits per heavy atom. The van der Waals surface area contributed by atoms with E-state index in [1.807, 2.05) is 0 Å². The summed E-state index contributed by atoms with van der Waals surface area (Å²) >= 11 is 0. The van der Waals surface area contributed by atoms with Crippen LogP contribution in [0, 0.1) is 11.8 Å². The van der Waals surface area contributed by atoms with Crippen LogP contribution in [0.15, 0.2) is 0 Å². The second-order valence-corrected chi connectivity index (χ2v) is 6.55. The molecule has 4 atom stereocenters. The molecule has 5 nitrogen and oxygen atoms in total. The predicted molar refractivity (Wildman–Crippen MR) is 78.7 cm³/mol. The smallest absolute Gasteiger partial charge is 0.0594 e. The van der Waals surface area contributed by atoms with Crippen molar-refractivity contribution in [3.05, 3.63) is 0 Å². The summed E-state index contributed by atoms with van der Waals surface area (Å²) < 4.78 is 11.1. The molecule has 3 N–H and O–H groups in total. The molecule has 3 aliphatic rings. The van der Waals surface area contributed by atoms with Crippen molar-refractivity contribution in [2.75, 3.05) is 52.6 Å². The second-order valence-electron chi connectivity index (χ2n) is 6.55. The van der Waals surface area contributed by atoms with Crippen LogP contribution >= 0.6 is 0 Å². The van der Waals surface area contributed by atoms with Gasteiger partial charge < -0.3 is 20.5 Å². The maximum Gasteiger partial charge on any atom is 0.0594 e. The molecule has 116 valence electrons. The minimum absolute atomic E-state index is 0.431. The zero-order valence-corrected chi connectivity index (χ0v) is 12.4. The summed E-state index contributed by atoms with van der Waals surface area (Å²) in [6.07, 6.45) is 3.64. The van der Waals surface area contributed by atoms with Crippen LogP contribution in [0.4, 0.5) is 0 Å². The number of nitrogens with one attached hydrogen (secondary N) is 1. The molecular formula is C15H29N3O2. The Labute approximate surface area is 122 Å². The SMILES string of the molecule is NC1CCC1CNC1CCOCC1CN1CCOCC1. The van der Waals surface area contributed by atoms with Gasteiger partial charge in [0.1, 0.15) is 0 Å². The summed E-state index contributed by atoms with van der Waals surface area (Å²) in [5, 5.41) is 3.78. The number of ether oxygens (including phenoxy) is 2. The average molecular weight is 283 g/mol. The molecular weight excluding hydrogens is 254 g/mol. The minimum atomic E-state index is 0.431. The molecule has 2 saturated heterocycles. The van der Waals surface area contributed by atoms with Gasteiger partial charge in [-0.2, -0.15) is 0 Å². The van der Waals surface area contributed by atoms with Gasteiger partial charge in [-0.05, 0) is 31.7 Å². The second kappa shape index (κ2) is 7.18. The van der Waals surface area contributed by atoms with Gasteiger partial charge in [-0.1, -0.05) is 0 Å². The van der Waals surface area contributed by atoms with Crippen molar-refractivity contribution in [3.8, 4) is 0 Å². The lowest BCUT2D eigenvalue weighted by Gasteiger charge is -2.40. The van der Waals surface area contributed by atoms with Crippen molar-refractivity contribution >= 4 is 0 Å². The van der Waals surface area contributed by atoms with Crippen LogP contribution in [-0.2, 0) is 9.47 Å². The molecule has 2 aliphatic heterocycles. The van der Waals surface area contributed by atoms with Crippen LogP contribution < -0.4 is 11.1 Å². The number of hydrogen-bond acceptors (Lipinski definition) is 5. The number of nitrogens with zero attached hydrogens (tertiary/aromatic N) is 1. The molecule has 0 bridgehead atoms. The maximum atomic E-state index is 6.04. The average Bonchev–Trinajstić information content (AvgIpc) is 2.48. The molecule has 0 radical (unpaired) electrons. The topological polar surface area (TPSA) is 59.8 Å². The molecule has 0 amide bonds. The Hall–Kier alpha value is -0.200. The van der Waals surface area contributed by atoms with E-state index in [1.165, 1.54) is 12.8 Å². The summed E-state index contributed by atoms with van der Waals surface area (Å²) in [6.45, 7) is 7.90. The van der Waals surface area contributed by atoms with E-state index in [0.717, 1.165) is 59.0 Å². The molecule has 20 heavy (non-hydrogen) atoms. The van der Waals surface area contributed by atoms with E-state index in [9.17, 15) is 0 Å². The molecule has 1 aliphatic carbocycles. The molecule has 3 fully saturated rings. The lowest BCUT2D eigenvalue weighted by atomic mass is 9.80. The van der Waals surface area contributed by atoms with E-state index in [-0.39, 0.29) is 0 Å². The lowest BCUT2D eigenvalue weighted by molar-refractivity contribution is -0.0117. The Kier molecular flexibility index (Phi) is 5.29. The van der Waals surface area contributed by atoms with E-state index in [4.69, 9.17) is 15.2 Å². The first-order valence-electron chi connectivity index (χ1n) is 8.20. The lowest BCUT2D eigenvalue weighted by Crippen LogP contribution is -2.53. The van der Waals surface area contributed by atoms with Crippen LogP contribution in [-0.4, -0.2) is 69.6 Å². The molecule has 3 rings (SSSR count). The van der Waals surface area contributed by atoms with E-state index >= 15 is 0 Å². The van der Waals surface area contributed by atoms with Crippen LogP contribution in [0.2, 0.25) is 0 Å². The van der Waals surface area contributed by atoms with Crippen LogP contribution in [0.5, 0.6) is 0 Å². The molecule has 1 saturated carbocycles. The van der Waals surface area contributed by atoms with E-state index in [0.29, 0.717) is 23.9 Å². The Balaban J connectivity index is 1.45. The van der Waals surface area contributed by atoms with Crippen LogP contribution in [0.3, 0.4) is 0 Å². The monoisotopic (exact) mass is 283 g/mol. The van der Waals surface area contributed by atoms with Gasteiger partial charge in [0.05, 0.1) is 19.8 Å². The summed E-state index contributed by atoms with van der Waals surface area (Å²) in [4.78, 5) is 2.52. The van der Waals surface area contributed by atoms with E-state index in [1.54, 1.807) is 0 Å². The summed E-state index contributed by atoms with van der Waals surface area (Å²) in [6, 6.07) is 1.03. The molecule has 0 spiro atoms. The van der Waals surface area contributed by atoms with E-state index in [2.05, 4.69) is 10.2 Å². The van der Waals surface area contributed by atoms with Crippen molar-refractivity contribution < 1.29 is 9.47 Å². The quantitative estimate of drug-likeness (QED) is 0.747. The van der Waals surface area contributed by atoms with Crippen molar-refractivity contribution in [3.63, 3.8) is 0 Å². The summed E-state index contributed by atoms with van der Waals surface area (Å²) in [5.74, 6) is 1.31. The highest BCUT2D eigenvalue weighted by atomic mass is 16.5. The van der Waals surface area contributed by atoms with Gasteiger partial charge >= 0.3 is 0 Å². The van der Waals surface area contributed by atoms with Crippen LogP contribution in [0.1, 0.15) is 19.3 Å². The van der Waals surface area contributed by atoms with Gasteiger partial charge in [0, 0.05) is 44.2 Å². The van der Waals surface area contributed by atoms with Gasteiger partial charge in [-0.25, -0.2) is 0 Å². The Bertz CT molecular complexity index is 297. The first kappa shape index (κ1) is 14.7. The molecule has 2 heterocycles. The highest BCUT2D eigenvalue weighted by molar-refractivity contribution is 4.89. The number of hydrogen-bond donors (Lipinski definition) is 2. The zero-order chi connectivity index (χ0) is 13.8. The Morgan fingerprint density at radius 3 is 2.55 bits per heavy atom. The third-order valence-electron chi connectivity index (χ3n) is 5.19. The van der Waals surface area contributed by atoms with Crippen molar-refractivity contribution in [1.82, 2.24) is 10.2 Å². The van der Waals surface area contributed by atoms with E-state index < -0.39 is 0 Å². The molecule has 5 heteroatoms. The molecule has 0 aromatic heterocycles. The van der Waals surface area contributed by atoms with Crippen molar-refractivity contribution in [2.45, 2.75) is 31.3 Å². The molecule has 0 aromatic carbocycles. The fourth-order valence-electron chi connectivity index (χ4n) is 3.51. The minimum Gasteiger partial charge on any atom is -0.381 e. The predicted octanol–water partition coefficient (Wildman–Crippen LogP) is 0.0506. The molecule has 4 unspecified atom stereocenters. The Morgan fingerprint density at radius 2 is 1.85 bits per heavy atom. The largest absolute Gasteiger partial charge is 0.381 e. The van der Waals surface area contributed by atoms with Gasteiger partial charge in [-0.15, -0.1) is 0 Å². The van der Waals surface area contributed by atoms with Crippen molar-refractivity contribution in [2.24, 2.45) is 17.6 Å². The zero-order valence-electron chi connectivity index (χ0n) is 12.4. The number of nitrogens with two attached hydrogens (primary N) is 1. The van der Waals surface area contributed by atoms with Gasteiger partial charge in [0.2, 0.25) is 0 Å². The maximum absolute atomic E-state index is 6.04. The first-order valence-corrected chi connectivity index (χ1v) is 8.20. The standard InChI is InChI=1S/C15H29N3O2/c16-14-2-1-12(14)9-17-15-3-6-20-11-13(15)10-18-4-7-19-8-5-18/h12-15,17H,1-11,16H2.